The minimum Gasteiger partial charge on any atom is -0.504 e. The molecule has 0 bridgehead atoms. The molecule has 0 saturated carbocycles. The average molecular weight is 310 g/mol. The molecule has 3 aromatic rings. The third-order valence-corrected chi connectivity index (χ3v) is 3.28. The summed E-state index contributed by atoms with van der Waals surface area (Å²) in [5.74, 6) is 0.310. The van der Waals surface area contributed by atoms with Crippen LogP contribution in [0.4, 0.5) is 5.82 Å². The molecule has 1 amide bonds. The standard InChI is InChI=1S/C16H14N4O3/c1-23-14-8-10(6-7-13(14)21)16(22)20-19-15-11-4-2-3-5-12(11)17-9-18-15/h2-9,21H,1H3,(H,20,22)(H,17,18,19). The number of benzene rings is 2. The second-order valence-electron chi connectivity index (χ2n) is 4.71. The lowest BCUT2D eigenvalue weighted by Gasteiger charge is -2.10. The summed E-state index contributed by atoms with van der Waals surface area (Å²) in [5, 5.41) is 10.3. The number of phenols is 1. The molecule has 116 valence electrons. The Kier molecular flexibility index (Phi) is 3.92. The van der Waals surface area contributed by atoms with Crippen LogP contribution in [-0.2, 0) is 0 Å². The molecule has 23 heavy (non-hydrogen) atoms. The molecule has 0 radical (unpaired) electrons. The molecule has 0 aliphatic rings. The number of para-hydroxylation sites is 1. The summed E-state index contributed by atoms with van der Waals surface area (Å²) in [4.78, 5) is 20.4. The van der Waals surface area contributed by atoms with E-state index in [1.807, 2.05) is 24.3 Å². The first-order chi connectivity index (χ1) is 11.2. The predicted molar refractivity (Wildman–Crippen MR) is 85.3 cm³/mol. The summed E-state index contributed by atoms with van der Waals surface area (Å²) >= 11 is 0. The normalized spacial score (nSPS) is 10.3. The van der Waals surface area contributed by atoms with Gasteiger partial charge in [0.2, 0.25) is 0 Å². The molecule has 0 saturated heterocycles. The van der Waals surface area contributed by atoms with Gasteiger partial charge >= 0.3 is 0 Å². The third-order valence-electron chi connectivity index (χ3n) is 3.28. The van der Waals surface area contributed by atoms with Crippen LogP contribution in [0, 0.1) is 0 Å². The van der Waals surface area contributed by atoms with E-state index in [4.69, 9.17) is 4.74 Å². The van der Waals surface area contributed by atoms with Crippen LogP contribution in [0.3, 0.4) is 0 Å². The fraction of sp³-hybridized carbons (Fsp3) is 0.0625. The zero-order valence-corrected chi connectivity index (χ0v) is 12.3. The van der Waals surface area contributed by atoms with E-state index in [1.165, 1.54) is 31.6 Å². The van der Waals surface area contributed by atoms with E-state index in [0.29, 0.717) is 11.4 Å². The lowest BCUT2D eigenvalue weighted by molar-refractivity contribution is 0.0962. The van der Waals surface area contributed by atoms with Gasteiger partial charge in [0.25, 0.3) is 5.91 Å². The number of ether oxygens (including phenoxy) is 1. The summed E-state index contributed by atoms with van der Waals surface area (Å²) < 4.78 is 4.99. The molecule has 0 spiro atoms. The number of hydrogen-bond acceptors (Lipinski definition) is 6. The first kappa shape index (κ1) is 14.6. The SMILES string of the molecule is COc1cc(C(=O)NNc2ncnc3ccccc23)ccc1O. The molecule has 7 heteroatoms. The minimum atomic E-state index is -0.383. The number of hydrogen-bond donors (Lipinski definition) is 3. The maximum Gasteiger partial charge on any atom is 0.269 e. The number of amides is 1. The van der Waals surface area contributed by atoms with Gasteiger partial charge in [-0.15, -0.1) is 0 Å². The maximum atomic E-state index is 12.2. The monoisotopic (exact) mass is 310 g/mol. The van der Waals surface area contributed by atoms with E-state index in [1.54, 1.807) is 0 Å². The Labute approximate surface area is 131 Å². The first-order valence-electron chi connectivity index (χ1n) is 6.82. The number of aromatic hydroxyl groups is 1. The van der Waals surface area contributed by atoms with Gasteiger partial charge in [0.1, 0.15) is 6.33 Å². The summed E-state index contributed by atoms with van der Waals surface area (Å²) in [6.07, 6.45) is 1.42. The zero-order chi connectivity index (χ0) is 16.2. The van der Waals surface area contributed by atoms with Crippen LogP contribution in [0.15, 0.2) is 48.8 Å². The van der Waals surface area contributed by atoms with Gasteiger partial charge in [-0.2, -0.15) is 0 Å². The Bertz CT molecular complexity index is 862. The lowest BCUT2D eigenvalue weighted by Crippen LogP contribution is -2.29. The van der Waals surface area contributed by atoms with E-state index < -0.39 is 0 Å². The molecule has 3 rings (SSSR count). The number of carbonyl (C=O) groups excluding carboxylic acids is 1. The van der Waals surface area contributed by atoms with E-state index in [9.17, 15) is 9.90 Å². The Hall–Kier alpha value is -3.35. The summed E-state index contributed by atoms with van der Waals surface area (Å²) in [6.45, 7) is 0. The number of hydrazine groups is 1. The van der Waals surface area contributed by atoms with E-state index in [-0.39, 0.29) is 17.4 Å². The fourth-order valence-corrected chi connectivity index (χ4v) is 2.11. The Morgan fingerprint density at radius 3 is 2.83 bits per heavy atom. The number of anilines is 1. The second-order valence-corrected chi connectivity index (χ2v) is 4.71. The van der Waals surface area contributed by atoms with Crippen LogP contribution in [0.1, 0.15) is 10.4 Å². The molecule has 0 aliphatic heterocycles. The molecule has 0 atom stereocenters. The second kappa shape index (κ2) is 6.18. The number of fused-ring (bicyclic) bond motifs is 1. The van der Waals surface area contributed by atoms with Crippen molar-refractivity contribution in [2.75, 3.05) is 12.5 Å². The summed E-state index contributed by atoms with van der Waals surface area (Å²) in [7, 11) is 1.42. The van der Waals surface area contributed by atoms with Crippen molar-refractivity contribution in [3.63, 3.8) is 0 Å². The number of nitrogens with one attached hydrogen (secondary N) is 2. The number of rotatable bonds is 4. The summed E-state index contributed by atoms with van der Waals surface area (Å²) in [5.41, 5.74) is 6.45. The average Bonchev–Trinajstić information content (AvgIpc) is 2.60. The van der Waals surface area contributed by atoms with Gasteiger partial charge in [0.15, 0.2) is 17.3 Å². The van der Waals surface area contributed by atoms with Gasteiger partial charge in [0.05, 0.1) is 12.6 Å². The number of methoxy groups -OCH3 is 1. The smallest absolute Gasteiger partial charge is 0.269 e. The molecule has 2 aromatic carbocycles. The van der Waals surface area contributed by atoms with Gasteiger partial charge in [-0.05, 0) is 30.3 Å². The number of carbonyl (C=O) groups is 1. The quantitative estimate of drug-likeness (QED) is 0.639. The minimum absolute atomic E-state index is 0.0289. The highest BCUT2D eigenvalue weighted by molar-refractivity contribution is 5.96. The first-order valence-corrected chi connectivity index (χ1v) is 6.82. The van der Waals surface area contributed by atoms with Crippen molar-refractivity contribution >= 4 is 22.6 Å². The lowest BCUT2D eigenvalue weighted by atomic mass is 10.2. The van der Waals surface area contributed by atoms with E-state index >= 15 is 0 Å². The van der Waals surface area contributed by atoms with Gasteiger partial charge in [-0.1, -0.05) is 12.1 Å². The van der Waals surface area contributed by atoms with Crippen molar-refractivity contribution in [2.45, 2.75) is 0 Å². The topological polar surface area (TPSA) is 96.4 Å². The zero-order valence-electron chi connectivity index (χ0n) is 12.3. The highest BCUT2D eigenvalue weighted by Gasteiger charge is 2.10. The van der Waals surface area contributed by atoms with Crippen LogP contribution in [0.25, 0.3) is 10.9 Å². The van der Waals surface area contributed by atoms with Crippen molar-refractivity contribution < 1.29 is 14.6 Å². The molecule has 7 nitrogen and oxygen atoms in total. The van der Waals surface area contributed by atoms with E-state index in [0.717, 1.165) is 10.9 Å². The molecule has 1 aromatic heterocycles. The Morgan fingerprint density at radius 1 is 1.17 bits per heavy atom. The van der Waals surface area contributed by atoms with Crippen molar-refractivity contribution in [3.05, 3.63) is 54.4 Å². The van der Waals surface area contributed by atoms with Gasteiger partial charge in [-0.3, -0.25) is 15.6 Å². The van der Waals surface area contributed by atoms with Gasteiger partial charge in [0, 0.05) is 10.9 Å². The Balaban J connectivity index is 1.78. The number of nitrogens with zero attached hydrogens (tertiary/aromatic N) is 2. The third kappa shape index (κ3) is 2.98. The molecular weight excluding hydrogens is 296 g/mol. The van der Waals surface area contributed by atoms with Crippen molar-refractivity contribution in [1.82, 2.24) is 15.4 Å². The molecule has 1 heterocycles. The largest absolute Gasteiger partial charge is 0.504 e. The van der Waals surface area contributed by atoms with E-state index in [2.05, 4.69) is 20.8 Å². The van der Waals surface area contributed by atoms with Gasteiger partial charge < -0.3 is 9.84 Å². The predicted octanol–water partition coefficient (Wildman–Crippen LogP) is 2.10. The van der Waals surface area contributed by atoms with Crippen LogP contribution in [0.5, 0.6) is 11.5 Å². The fourth-order valence-electron chi connectivity index (χ4n) is 2.11. The number of phenolic OH excluding ortho intramolecular Hbond substituents is 1. The number of aromatic nitrogens is 2. The molecule has 0 fully saturated rings. The van der Waals surface area contributed by atoms with Crippen LogP contribution in [0.2, 0.25) is 0 Å². The van der Waals surface area contributed by atoms with Crippen molar-refractivity contribution in [2.24, 2.45) is 0 Å². The van der Waals surface area contributed by atoms with Crippen LogP contribution in [-0.4, -0.2) is 28.1 Å². The molecule has 0 unspecified atom stereocenters. The van der Waals surface area contributed by atoms with Crippen LogP contribution < -0.4 is 15.6 Å². The van der Waals surface area contributed by atoms with Crippen LogP contribution >= 0.6 is 0 Å². The maximum absolute atomic E-state index is 12.2. The highest BCUT2D eigenvalue weighted by Crippen LogP contribution is 2.26. The Morgan fingerprint density at radius 2 is 2.00 bits per heavy atom. The molecule has 3 N–H and O–H groups in total. The summed E-state index contributed by atoms with van der Waals surface area (Å²) in [6, 6.07) is 11.8. The molecular formula is C16H14N4O3. The van der Waals surface area contributed by atoms with Crippen molar-refractivity contribution in [3.8, 4) is 11.5 Å². The van der Waals surface area contributed by atoms with Gasteiger partial charge in [-0.25, -0.2) is 9.97 Å². The molecule has 0 aliphatic carbocycles. The highest BCUT2D eigenvalue weighted by atomic mass is 16.5. The van der Waals surface area contributed by atoms with Crippen molar-refractivity contribution in [1.29, 1.82) is 0 Å².